The molecule has 0 atom stereocenters. The lowest BCUT2D eigenvalue weighted by Gasteiger charge is -2.09. The summed E-state index contributed by atoms with van der Waals surface area (Å²) in [7, 11) is 1.56. The van der Waals surface area contributed by atoms with Crippen LogP contribution in [-0.2, 0) is 0 Å². The number of amides is 1. The average Bonchev–Trinajstić information content (AvgIpc) is 2.97. The number of hydrogen-bond donors (Lipinski definition) is 3. The number of nitrogens with two attached hydrogens (primary N) is 1. The maximum atomic E-state index is 12.4. The van der Waals surface area contributed by atoms with E-state index in [0.29, 0.717) is 27.6 Å². The van der Waals surface area contributed by atoms with Gasteiger partial charge in [-0.2, -0.15) is 0 Å². The number of fused-ring (bicyclic) bond motifs is 1. The number of nitrogens with one attached hydrogen (secondary N) is 2. The van der Waals surface area contributed by atoms with Gasteiger partial charge in [0, 0.05) is 16.2 Å². The number of rotatable bonds is 4. The highest BCUT2D eigenvalue weighted by molar-refractivity contribution is 9.10. The molecule has 118 valence electrons. The van der Waals surface area contributed by atoms with Crippen molar-refractivity contribution in [3.63, 3.8) is 0 Å². The van der Waals surface area contributed by atoms with E-state index in [1.165, 1.54) is 11.3 Å². The molecule has 0 unspecified atom stereocenters. The highest BCUT2D eigenvalue weighted by Crippen LogP contribution is 2.35. The normalized spacial score (nSPS) is 10.6. The van der Waals surface area contributed by atoms with Crippen LogP contribution in [0, 0.1) is 0 Å². The van der Waals surface area contributed by atoms with E-state index in [1.807, 2.05) is 24.3 Å². The first-order valence-corrected chi connectivity index (χ1v) is 8.24. The van der Waals surface area contributed by atoms with Crippen molar-refractivity contribution in [1.29, 1.82) is 0 Å². The molecule has 0 saturated carbocycles. The van der Waals surface area contributed by atoms with Gasteiger partial charge in [0.2, 0.25) is 0 Å². The van der Waals surface area contributed by atoms with Crippen molar-refractivity contribution in [3.05, 3.63) is 46.4 Å². The first-order valence-electron chi connectivity index (χ1n) is 6.63. The van der Waals surface area contributed by atoms with Gasteiger partial charge in [0.05, 0.1) is 17.4 Å². The summed E-state index contributed by atoms with van der Waals surface area (Å²) in [5, 5.41) is 3.45. The Morgan fingerprint density at radius 1 is 1.35 bits per heavy atom. The number of thiazole rings is 1. The fraction of sp³-hybridized carbons (Fsp3) is 0.0667. The number of anilines is 2. The topological polar surface area (TPSA) is 89.3 Å². The zero-order valence-electron chi connectivity index (χ0n) is 12.1. The van der Waals surface area contributed by atoms with Crippen LogP contribution in [0.2, 0.25) is 0 Å². The molecule has 0 fully saturated rings. The van der Waals surface area contributed by atoms with Gasteiger partial charge in [0.25, 0.3) is 5.91 Å². The van der Waals surface area contributed by atoms with Crippen molar-refractivity contribution in [1.82, 2.24) is 4.98 Å². The molecule has 0 aliphatic heterocycles. The number of ether oxygens (including phenoxy) is 1. The predicted octanol–water partition coefficient (Wildman–Crippen LogP) is 3.61. The van der Waals surface area contributed by atoms with Crippen molar-refractivity contribution in [2.45, 2.75) is 0 Å². The molecule has 6 nitrogen and oxygen atoms in total. The number of nitrogen functional groups attached to an aromatic ring is 1. The van der Waals surface area contributed by atoms with Gasteiger partial charge in [0.15, 0.2) is 5.13 Å². The second-order valence-corrected chi connectivity index (χ2v) is 6.51. The molecule has 1 heterocycles. The van der Waals surface area contributed by atoms with Crippen LogP contribution in [0.15, 0.2) is 40.9 Å². The Morgan fingerprint density at radius 3 is 2.83 bits per heavy atom. The highest BCUT2D eigenvalue weighted by atomic mass is 79.9. The lowest BCUT2D eigenvalue weighted by Crippen LogP contribution is -2.12. The molecule has 3 aromatic rings. The van der Waals surface area contributed by atoms with E-state index in [1.54, 1.807) is 19.2 Å². The number of aromatic nitrogens is 1. The van der Waals surface area contributed by atoms with Gasteiger partial charge in [-0.1, -0.05) is 23.5 Å². The van der Waals surface area contributed by atoms with Gasteiger partial charge in [-0.05, 0) is 34.1 Å². The van der Waals surface area contributed by atoms with Crippen LogP contribution in [-0.4, -0.2) is 18.0 Å². The minimum atomic E-state index is -0.208. The number of hydrazine groups is 1. The monoisotopic (exact) mass is 392 g/mol. The zero-order chi connectivity index (χ0) is 16.4. The molecule has 0 aliphatic carbocycles. The third kappa shape index (κ3) is 3.14. The largest absolute Gasteiger partial charge is 0.494 e. The Labute approximate surface area is 144 Å². The third-order valence-corrected chi connectivity index (χ3v) is 4.80. The molecule has 2 aromatic carbocycles. The maximum Gasteiger partial charge on any atom is 0.256 e. The number of carbonyl (C=O) groups excluding carboxylic acids is 1. The highest BCUT2D eigenvalue weighted by Gasteiger charge is 2.14. The van der Waals surface area contributed by atoms with E-state index in [9.17, 15) is 4.79 Å². The molecular formula is C15H13BrN4O2S. The Morgan fingerprint density at radius 2 is 2.13 bits per heavy atom. The van der Waals surface area contributed by atoms with Gasteiger partial charge < -0.3 is 10.1 Å². The number of benzene rings is 2. The van der Waals surface area contributed by atoms with Crippen molar-refractivity contribution < 1.29 is 9.53 Å². The van der Waals surface area contributed by atoms with Crippen LogP contribution in [0.5, 0.6) is 5.75 Å². The SMILES string of the molecule is COc1cc(NC(=O)c2ccccc2Br)cc2sc(NN)nc12. The first-order chi connectivity index (χ1) is 11.1. The Balaban J connectivity index is 1.97. The molecule has 0 bridgehead atoms. The summed E-state index contributed by atoms with van der Waals surface area (Å²) in [4.78, 5) is 16.7. The van der Waals surface area contributed by atoms with Gasteiger partial charge in [-0.25, -0.2) is 10.8 Å². The van der Waals surface area contributed by atoms with Crippen molar-refractivity contribution in [3.8, 4) is 5.75 Å². The smallest absolute Gasteiger partial charge is 0.256 e. The average molecular weight is 393 g/mol. The first kappa shape index (κ1) is 15.7. The number of halogens is 1. The fourth-order valence-electron chi connectivity index (χ4n) is 2.13. The Hall–Kier alpha value is -2.16. The lowest BCUT2D eigenvalue weighted by atomic mass is 10.2. The molecule has 0 spiro atoms. The molecule has 1 aromatic heterocycles. The predicted molar refractivity (Wildman–Crippen MR) is 96.1 cm³/mol. The molecule has 0 radical (unpaired) electrons. The summed E-state index contributed by atoms with van der Waals surface area (Å²) < 4.78 is 6.95. The van der Waals surface area contributed by atoms with Crippen molar-refractivity contribution in [2.75, 3.05) is 17.9 Å². The van der Waals surface area contributed by atoms with Crippen LogP contribution in [0.3, 0.4) is 0 Å². The van der Waals surface area contributed by atoms with Crippen LogP contribution >= 0.6 is 27.3 Å². The zero-order valence-corrected chi connectivity index (χ0v) is 14.5. The minimum Gasteiger partial charge on any atom is -0.494 e. The summed E-state index contributed by atoms with van der Waals surface area (Å²) in [5.41, 5.74) is 4.40. The molecule has 4 N–H and O–H groups in total. The third-order valence-electron chi connectivity index (χ3n) is 3.18. The van der Waals surface area contributed by atoms with E-state index >= 15 is 0 Å². The van der Waals surface area contributed by atoms with Crippen LogP contribution in [0.4, 0.5) is 10.8 Å². The molecule has 3 rings (SSSR count). The fourth-order valence-corrected chi connectivity index (χ4v) is 3.43. The van der Waals surface area contributed by atoms with Gasteiger partial charge >= 0.3 is 0 Å². The lowest BCUT2D eigenvalue weighted by molar-refractivity contribution is 0.102. The summed E-state index contributed by atoms with van der Waals surface area (Å²) in [6.07, 6.45) is 0. The maximum absolute atomic E-state index is 12.4. The van der Waals surface area contributed by atoms with Crippen LogP contribution < -0.4 is 21.3 Å². The molecule has 1 amide bonds. The van der Waals surface area contributed by atoms with E-state index < -0.39 is 0 Å². The molecule has 0 aliphatic rings. The van der Waals surface area contributed by atoms with E-state index in [-0.39, 0.29) is 5.91 Å². The van der Waals surface area contributed by atoms with Crippen LogP contribution in [0.25, 0.3) is 10.2 Å². The number of nitrogens with zero attached hydrogens (tertiary/aromatic N) is 1. The molecule has 23 heavy (non-hydrogen) atoms. The van der Waals surface area contributed by atoms with Crippen molar-refractivity contribution >= 4 is 54.2 Å². The number of carbonyl (C=O) groups is 1. The van der Waals surface area contributed by atoms with E-state index in [0.717, 1.165) is 9.17 Å². The van der Waals surface area contributed by atoms with Gasteiger partial charge in [-0.15, -0.1) is 0 Å². The quantitative estimate of drug-likeness (QED) is 0.466. The minimum absolute atomic E-state index is 0.208. The van der Waals surface area contributed by atoms with Gasteiger partial charge in [-0.3, -0.25) is 10.2 Å². The summed E-state index contributed by atoms with van der Waals surface area (Å²) >= 11 is 4.75. The van der Waals surface area contributed by atoms with Gasteiger partial charge in [0.1, 0.15) is 11.3 Å². The van der Waals surface area contributed by atoms with Crippen molar-refractivity contribution in [2.24, 2.45) is 5.84 Å². The molecule has 8 heteroatoms. The molecule has 0 saturated heterocycles. The second-order valence-electron chi connectivity index (χ2n) is 4.62. The second kappa shape index (κ2) is 6.53. The van der Waals surface area contributed by atoms with E-state index in [2.05, 4.69) is 31.7 Å². The van der Waals surface area contributed by atoms with Crippen LogP contribution in [0.1, 0.15) is 10.4 Å². The Bertz CT molecular complexity index is 881. The number of methoxy groups -OCH3 is 1. The summed E-state index contributed by atoms with van der Waals surface area (Å²) in [5.74, 6) is 5.76. The standard InChI is InChI=1S/C15H13BrN4O2S/c1-22-11-6-8(7-12-13(11)19-15(20-17)23-12)18-14(21)9-4-2-3-5-10(9)16/h2-7H,17H2,1H3,(H,18,21)(H,19,20). The number of hydrogen-bond acceptors (Lipinski definition) is 6. The summed E-state index contributed by atoms with van der Waals surface area (Å²) in [6, 6.07) is 10.8. The van der Waals surface area contributed by atoms with E-state index in [4.69, 9.17) is 10.6 Å². The summed E-state index contributed by atoms with van der Waals surface area (Å²) in [6.45, 7) is 0. The Kier molecular flexibility index (Phi) is 4.46. The molecular weight excluding hydrogens is 380 g/mol.